The molecule has 13 heavy (non-hydrogen) atoms. The largest absolute Gasteiger partial charge is 0.380 e. The second-order valence-electron chi connectivity index (χ2n) is 3.38. The molecule has 1 saturated heterocycles. The molecule has 0 unspecified atom stereocenters. The molecule has 4 heteroatoms. The fraction of sp³-hybridized carbons (Fsp3) is 0.889. The maximum Gasteiger partial charge on any atom is 0.223 e. The quantitative estimate of drug-likeness (QED) is 0.673. The van der Waals surface area contributed by atoms with E-state index in [-0.39, 0.29) is 12.0 Å². The van der Waals surface area contributed by atoms with Crippen LogP contribution in [0.15, 0.2) is 0 Å². The highest BCUT2D eigenvalue weighted by atomic mass is 16.5. The monoisotopic (exact) mass is 186 g/mol. The van der Waals surface area contributed by atoms with Crippen molar-refractivity contribution in [3.63, 3.8) is 0 Å². The lowest BCUT2D eigenvalue weighted by molar-refractivity contribution is -0.134. The number of hydrogen-bond donors (Lipinski definition) is 1. The van der Waals surface area contributed by atoms with Crippen molar-refractivity contribution in [2.45, 2.75) is 25.4 Å². The lowest BCUT2D eigenvalue weighted by atomic mass is 10.1. The first kappa shape index (κ1) is 10.5. The van der Waals surface area contributed by atoms with Crippen LogP contribution in [0.1, 0.15) is 19.3 Å². The van der Waals surface area contributed by atoms with Crippen molar-refractivity contribution in [2.75, 3.05) is 26.7 Å². The van der Waals surface area contributed by atoms with Crippen LogP contribution >= 0.6 is 0 Å². The summed E-state index contributed by atoms with van der Waals surface area (Å²) in [5.74, 6) is 0.157. The second-order valence-corrected chi connectivity index (χ2v) is 3.38. The third-order valence-electron chi connectivity index (χ3n) is 2.42. The number of amides is 1. The van der Waals surface area contributed by atoms with Crippen LogP contribution in [0.2, 0.25) is 0 Å². The minimum Gasteiger partial charge on any atom is -0.380 e. The van der Waals surface area contributed by atoms with E-state index in [9.17, 15) is 4.79 Å². The molecule has 0 radical (unpaired) electrons. The van der Waals surface area contributed by atoms with Crippen LogP contribution in [0.4, 0.5) is 0 Å². The summed E-state index contributed by atoms with van der Waals surface area (Å²) in [7, 11) is 1.70. The van der Waals surface area contributed by atoms with Gasteiger partial charge in [0.15, 0.2) is 0 Å². The molecule has 0 saturated carbocycles. The molecule has 2 N–H and O–H groups in total. The van der Waals surface area contributed by atoms with Gasteiger partial charge in [0.1, 0.15) is 0 Å². The van der Waals surface area contributed by atoms with E-state index >= 15 is 0 Å². The van der Waals surface area contributed by atoms with Crippen LogP contribution in [0.5, 0.6) is 0 Å². The predicted octanol–water partition coefficient (Wildman–Crippen LogP) is -0.0274. The molecular weight excluding hydrogens is 168 g/mol. The van der Waals surface area contributed by atoms with E-state index in [2.05, 4.69) is 0 Å². The van der Waals surface area contributed by atoms with Gasteiger partial charge in [-0.05, 0) is 12.8 Å². The summed E-state index contributed by atoms with van der Waals surface area (Å²) in [4.78, 5) is 13.3. The molecule has 4 nitrogen and oxygen atoms in total. The molecule has 0 aromatic rings. The first-order valence-electron chi connectivity index (χ1n) is 4.78. The molecule has 1 aliphatic rings. The summed E-state index contributed by atoms with van der Waals surface area (Å²) in [6.45, 7) is 2.03. The predicted molar refractivity (Wildman–Crippen MR) is 50.3 cm³/mol. The van der Waals surface area contributed by atoms with Crippen molar-refractivity contribution in [1.82, 2.24) is 4.90 Å². The van der Waals surface area contributed by atoms with Crippen molar-refractivity contribution >= 4 is 5.91 Å². The lowest BCUT2D eigenvalue weighted by Crippen LogP contribution is -2.43. The fourth-order valence-electron chi connectivity index (χ4n) is 1.64. The van der Waals surface area contributed by atoms with E-state index in [4.69, 9.17) is 10.5 Å². The van der Waals surface area contributed by atoms with E-state index in [0.717, 1.165) is 25.9 Å². The number of rotatable bonds is 3. The maximum atomic E-state index is 11.4. The molecule has 0 bridgehead atoms. The van der Waals surface area contributed by atoms with E-state index in [1.54, 1.807) is 7.11 Å². The Morgan fingerprint density at radius 1 is 1.69 bits per heavy atom. The van der Waals surface area contributed by atoms with Gasteiger partial charge < -0.3 is 15.4 Å². The molecular formula is C9H18N2O2. The Bertz CT molecular complexity index is 173. The highest BCUT2D eigenvalue weighted by Crippen LogP contribution is 2.12. The summed E-state index contributed by atoms with van der Waals surface area (Å²) in [6, 6.07) is 0. The minimum absolute atomic E-state index is 0.157. The average Bonchev–Trinajstić information content (AvgIpc) is 2.18. The van der Waals surface area contributed by atoms with Crippen molar-refractivity contribution in [3.8, 4) is 0 Å². The Morgan fingerprint density at radius 2 is 2.46 bits per heavy atom. The Morgan fingerprint density at radius 3 is 3.08 bits per heavy atom. The third-order valence-corrected chi connectivity index (χ3v) is 2.42. The molecule has 0 spiro atoms. The third kappa shape index (κ3) is 2.97. The smallest absolute Gasteiger partial charge is 0.223 e. The maximum absolute atomic E-state index is 11.4. The molecule has 0 aliphatic carbocycles. The summed E-state index contributed by atoms with van der Waals surface area (Å²) < 4.78 is 5.22. The van der Waals surface area contributed by atoms with Crippen LogP contribution in [-0.4, -0.2) is 43.7 Å². The van der Waals surface area contributed by atoms with Crippen LogP contribution in [-0.2, 0) is 9.53 Å². The Balaban J connectivity index is 2.37. The number of carbonyl (C=O) groups excluding carboxylic acids is 1. The second kappa shape index (κ2) is 5.19. The molecule has 1 aliphatic heterocycles. The zero-order valence-electron chi connectivity index (χ0n) is 8.16. The van der Waals surface area contributed by atoms with Gasteiger partial charge in [-0.15, -0.1) is 0 Å². The molecule has 1 heterocycles. The first-order valence-corrected chi connectivity index (χ1v) is 4.78. The summed E-state index contributed by atoms with van der Waals surface area (Å²) in [5, 5.41) is 0. The van der Waals surface area contributed by atoms with Gasteiger partial charge in [0.2, 0.25) is 5.91 Å². The highest BCUT2D eigenvalue weighted by Gasteiger charge is 2.22. The average molecular weight is 186 g/mol. The van der Waals surface area contributed by atoms with Crippen LogP contribution in [0, 0.1) is 0 Å². The van der Waals surface area contributed by atoms with Gasteiger partial charge >= 0.3 is 0 Å². The van der Waals surface area contributed by atoms with Gasteiger partial charge in [-0.2, -0.15) is 0 Å². The number of nitrogens with zero attached hydrogens (tertiary/aromatic N) is 1. The van der Waals surface area contributed by atoms with E-state index < -0.39 is 0 Å². The highest BCUT2D eigenvalue weighted by molar-refractivity contribution is 5.76. The zero-order chi connectivity index (χ0) is 9.68. The standard InChI is InChI=1S/C9H18N2O2/c1-13-8-3-2-6-11(7-8)9(12)4-5-10/h8H,2-7,10H2,1H3/t8-/m0/s1. The molecule has 76 valence electrons. The van der Waals surface area contributed by atoms with E-state index in [0.29, 0.717) is 13.0 Å². The molecule has 1 atom stereocenters. The number of ether oxygens (including phenoxy) is 1. The number of likely N-dealkylation sites (tertiary alicyclic amines) is 1. The van der Waals surface area contributed by atoms with Crippen LogP contribution < -0.4 is 5.73 Å². The van der Waals surface area contributed by atoms with Gasteiger partial charge in [-0.1, -0.05) is 0 Å². The van der Waals surface area contributed by atoms with Gasteiger partial charge in [0.25, 0.3) is 0 Å². The first-order chi connectivity index (χ1) is 6.27. The number of nitrogens with two attached hydrogens (primary N) is 1. The summed E-state index contributed by atoms with van der Waals surface area (Å²) in [6.07, 6.45) is 2.77. The SMILES string of the molecule is CO[C@H]1CCCN(C(=O)CCN)C1. The molecule has 0 aromatic heterocycles. The minimum atomic E-state index is 0.157. The summed E-state index contributed by atoms with van der Waals surface area (Å²) in [5.41, 5.74) is 5.32. The van der Waals surface area contributed by atoms with Gasteiger partial charge in [0.05, 0.1) is 6.10 Å². The van der Waals surface area contributed by atoms with Crippen molar-refractivity contribution in [1.29, 1.82) is 0 Å². The van der Waals surface area contributed by atoms with Gasteiger partial charge in [-0.3, -0.25) is 4.79 Å². The Hall–Kier alpha value is -0.610. The van der Waals surface area contributed by atoms with Crippen molar-refractivity contribution in [2.24, 2.45) is 5.73 Å². The Kier molecular flexibility index (Phi) is 4.18. The van der Waals surface area contributed by atoms with Gasteiger partial charge in [0, 0.05) is 33.2 Å². The number of piperidine rings is 1. The number of carbonyl (C=O) groups is 1. The molecule has 1 amide bonds. The molecule has 1 rings (SSSR count). The Labute approximate surface area is 79.0 Å². The molecule has 1 fully saturated rings. The van der Waals surface area contributed by atoms with Crippen molar-refractivity contribution < 1.29 is 9.53 Å². The van der Waals surface area contributed by atoms with E-state index in [1.807, 2.05) is 4.90 Å². The van der Waals surface area contributed by atoms with Crippen LogP contribution in [0.25, 0.3) is 0 Å². The van der Waals surface area contributed by atoms with E-state index in [1.165, 1.54) is 0 Å². The fourth-order valence-corrected chi connectivity index (χ4v) is 1.64. The normalized spacial score (nSPS) is 23.2. The zero-order valence-corrected chi connectivity index (χ0v) is 8.16. The molecule has 0 aromatic carbocycles. The van der Waals surface area contributed by atoms with Gasteiger partial charge in [-0.25, -0.2) is 0 Å². The lowest BCUT2D eigenvalue weighted by Gasteiger charge is -2.31. The number of hydrogen-bond acceptors (Lipinski definition) is 3. The number of methoxy groups -OCH3 is 1. The van der Waals surface area contributed by atoms with Crippen LogP contribution in [0.3, 0.4) is 0 Å². The van der Waals surface area contributed by atoms with Crippen molar-refractivity contribution in [3.05, 3.63) is 0 Å². The summed E-state index contributed by atoms with van der Waals surface area (Å²) >= 11 is 0. The topological polar surface area (TPSA) is 55.6 Å².